The first-order valence-electron chi connectivity index (χ1n) is 10.5. The van der Waals surface area contributed by atoms with Gasteiger partial charge in [-0.3, -0.25) is 4.79 Å². The molecule has 1 saturated carbocycles. The second kappa shape index (κ2) is 10.2. The highest BCUT2D eigenvalue weighted by Crippen LogP contribution is 2.33. The van der Waals surface area contributed by atoms with Gasteiger partial charge >= 0.3 is 0 Å². The molecule has 4 N–H and O–H groups in total. The van der Waals surface area contributed by atoms with Crippen molar-refractivity contribution in [2.75, 3.05) is 13.3 Å². The van der Waals surface area contributed by atoms with Gasteiger partial charge in [-0.1, -0.05) is 6.07 Å². The van der Waals surface area contributed by atoms with E-state index in [1.807, 2.05) is 12.3 Å². The molecule has 4 rings (SSSR count). The number of nitrogens with one attached hydrogen (secondary N) is 1. The summed E-state index contributed by atoms with van der Waals surface area (Å²) in [5.74, 6) is 1.76. The van der Waals surface area contributed by atoms with Crippen LogP contribution in [-0.2, 0) is 11.2 Å². The molecule has 0 spiro atoms. The molecule has 0 unspecified atom stereocenters. The summed E-state index contributed by atoms with van der Waals surface area (Å²) in [6.07, 6.45) is 3.63. The molecule has 3 aromatic rings. The number of thioether (sulfide) groups is 1. The molecule has 2 heterocycles. The summed E-state index contributed by atoms with van der Waals surface area (Å²) in [4.78, 5) is 22.7. The van der Waals surface area contributed by atoms with Crippen molar-refractivity contribution < 1.29 is 9.90 Å². The Kier molecular flexibility index (Phi) is 7.76. The number of aliphatic hydroxyl groups is 1. The number of pyridine rings is 1. The Labute approximate surface area is 197 Å². The van der Waals surface area contributed by atoms with Gasteiger partial charge in [-0.15, -0.1) is 29.3 Å². The van der Waals surface area contributed by atoms with Gasteiger partial charge in [0, 0.05) is 29.3 Å². The number of aliphatic hydroxyl groups excluding tert-OH is 1. The Hall–Kier alpha value is -2.20. The van der Waals surface area contributed by atoms with Crippen LogP contribution < -0.4 is 11.1 Å². The Morgan fingerprint density at radius 2 is 2.09 bits per heavy atom. The van der Waals surface area contributed by atoms with Crippen LogP contribution in [0.25, 0.3) is 16.7 Å². The summed E-state index contributed by atoms with van der Waals surface area (Å²) in [5.41, 5.74) is 8.14. The molecule has 8 nitrogen and oxygen atoms in total. The fourth-order valence-corrected chi connectivity index (χ4v) is 4.57. The van der Waals surface area contributed by atoms with Crippen LogP contribution in [0.4, 0.5) is 0 Å². The average molecular weight is 477 g/mol. The third-order valence-corrected chi connectivity index (χ3v) is 6.65. The summed E-state index contributed by atoms with van der Waals surface area (Å²) >= 11 is 1.67. The maximum atomic E-state index is 11.9. The molecule has 0 saturated heterocycles. The summed E-state index contributed by atoms with van der Waals surface area (Å²) in [7, 11) is 1.60. The lowest BCUT2D eigenvalue weighted by Crippen LogP contribution is -2.40. The number of hydrogen-bond acceptors (Lipinski definition) is 7. The van der Waals surface area contributed by atoms with Crippen LogP contribution in [0.5, 0.6) is 0 Å². The fourth-order valence-electron chi connectivity index (χ4n) is 4.13. The zero-order valence-electron chi connectivity index (χ0n) is 18.4. The molecule has 32 heavy (non-hydrogen) atoms. The molecule has 2 aromatic heterocycles. The number of benzene rings is 1. The van der Waals surface area contributed by atoms with E-state index in [0.717, 1.165) is 33.6 Å². The maximum absolute atomic E-state index is 11.9. The van der Waals surface area contributed by atoms with Crippen LogP contribution in [0.3, 0.4) is 0 Å². The van der Waals surface area contributed by atoms with Crippen molar-refractivity contribution in [1.82, 2.24) is 25.1 Å². The Morgan fingerprint density at radius 3 is 2.78 bits per heavy atom. The van der Waals surface area contributed by atoms with Crippen LogP contribution in [-0.4, -0.2) is 56.2 Å². The molecule has 1 aromatic carbocycles. The maximum Gasteiger partial charge on any atom is 0.227 e. The van der Waals surface area contributed by atoms with E-state index in [0.29, 0.717) is 24.5 Å². The highest BCUT2D eigenvalue weighted by Gasteiger charge is 2.31. The molecule has 0 aliphatic heterocycles. The molecule has 1 fully saturated rings. The van der Waals surface area contributed by atoms with Gasteiger partial charge in [-0.25, -0.2) is 9.97 Å². The van der Waals surface area contributed by atoms with Gasteiger partial charge in [0.05, 0.1) is 18.0 Å². The lowest BCUT2D eigenvalue weighted by atomic mass is 9.83. The van der Waals surface area contributed by atoms with E-state index in [9.17, 15) is 9.90 Å². The zero-order valence-corrected chi connectivity index (χ0v) is 20.0. The first-order chi connectivity index (χ1) is 14.9. The number of aryl methyl sites for hydroxylation is 1. The molecule has 10 heteroatoms. The molecule has 1 amide bonds. The molecule has 3 atom stereocenters. The minimum absolute atomic E-state index is 0. The summed E-state index contributed by atoms with van der Waals surface area (Å²) in [6.45, 7) is 2.06. The Morgan fingerprint density at radius 1 is 1.31 bits per heavy atom. The van der Waals surface area contributed by atoms with Crippen molar-refractivity contribution >= 4 is 41.0 Å². The molecule has 0 radical (unpaired) electrons. The van der Waals surface area contributed by atoms with Gasteiger partial charge in [0.15, 0.2) is 11.6 Å². The normalized spacial score (nSPS) is 20.7. The number of hydrogen-bond donors (Lipinski definition) is 3. The zero-order chi connectivity index (χ0) is 22.1. The van der Waals surface area contributed by atoms with Crippen molar-refractivity contribution in [3.05, 3.63) is 41.5 Å². The third kappa shape index (κ3) is 4.91. The molecule has 1 aliphatic carbocycles. The van der Waals surface area contributed by atoms with Gasteiger partial charge in [-0.05, 0) is 56.2 Å². The van der Waals surface area contributed by atoms with Gasteiger partial charge in [0.25, 0.3) is 0 Å². The highest BCUT2D eigenvalue weighted by molar-refractivity contribution is 7.98. The second-order valence-corrected chi connectivity index (χ2v) is 8.95. The topological polar surface area (TPSA) is 119 Å². The standard InChI is InChI=1S/C22H28N6O2S.ClH/c1-12-8-20(25-17-10-14(31-3)5-6-15(12)17)28-22(13-4-7-18(29)16(23)9-13)26-19(27-28)11-21(30)24-2;/h5-6,8,10,13,16,18,29H,4,7,9,11,23H2,1-3H3,(H,24,30);1H/t13-,16+,18+;/m0./s1. The van der Waals surface area contributed by atoms with Crippen molar-refractivity contribution in [3.8, 4) is 5.82 Å². The lowest BCUT2D eigenvalue weighted by Gasteiger charge is -2.30. The molecule has 1 aliphatic rings. The van der Waals surface area contributed by atoms with Crippen LogP contribution in [0.15, 0.2) is 29.2 Å². The van der Waals surface area contributed by atoms with Crippen LogP contribution >= 0.6 is 24.2 Å². The molecule has 172 valence electrons. The number of carbonyl (C=O) groups is 1. The van der Waals surface area contributed by atoms with E-state index in [2.05, 4.69) is 35.5 Å². The summed E-state index contributed by atoms with van der Waals surface area (Å²) in [5, 5.41) is 18.4. The average Bonchev–Trinajstić information content (AvgIpc) is 3.18. The Balaban J connectivity index is 0.00000289. The number of aromatic nitrogens is 4. The van der Waals surface area contributed by atoms with Gasteiger partial charge < -0.3 is 16.2 Å². The van der Waals surface area contributed by atoms with Crippen molar-refractivity contribution in [3.63, 3.8) is 0 Å². The van der Waals surface area contributed by atoms with Gasteiger partial charge in [0.2, 0.25) is 5.91 Å². The number of nitrogens with two attached hydrogens (primary N) is 1. The highest BCUT2D eigenvalue weighted by atomic mass is 35.5. The smallest absolute Gasteiger partial charge is 0.227 e. The second-order valence-electron chi connectivity index (χ2n) is 8.07. The number of nitrogens with zero attached hydrogens (tertiary/aromatic N) is 4. The monoisotopic (exact) mass is 476 g/mol. The first-order valence-corrected chi connectivity index (χ1v) is 11.7. The molecular formula is C22H29ClN6O2S. The minimum Gasteiger partial charge on any atom is -0.392 e. The number of likely N-dealkylation sites (N-methyl/N-ethyl adjacent to an activating group) is 1. The lowest BCUT2D eigenvalue weighted by molar-refractivity contribution is -0.120. The number of halogens is 1. The van der Waals surface area contributed by atoms with E-state index in [-0.39, 0.29) is 36.7 Å². The van der Waals surface area contributed by atoms with Crippen molar-refractivity contribution in [2.24, 2.45) is 5.73 Å². The summed E-state index contributed by atoms with van der Waals surface area (Å²) in [6, 6.07) is 7.96. The quantitative estimate of drug-likeness (QED) is 0.484. The third-order valence-electron chi connectivity index (χ3n) is 5.93. The van der Waals surface area contributed by atoms with Gasteiger partial charge in [-0.2, -0.15) is 4.68 Å². The van der Waals surface area contributed by atoms with Crippen LogP contribution in [0.1, 0.15) is 42.4 Å². The number of amides is 1. The van der Waals surface area contributed by atoms with Crippen molar-refractivity contribution in [1.29, 1.82) is 0 Å². The SMILES string of the molecule is CNC(=O)Cc1nc([C@H]2CC[C@@H](O)[C@H](N)C2)n(-c2cc(C)c3ccc(SC)cc3n2)n1.Cl. The van der Waals surface area contributed by atoms with Crippen LogP contribution in [0, 0.1) is 6.92 Å². The minimum atomic E-state index is -0.496. The molecular weight excluding hydrogens is 448 g/mol. The fraction of sp³-hybridized carbons (Fsp3) is 0.455. The van der Waals surface area contributed by atoms with Crippen LogP contribution in [0.2, 0.25) is 0 Å². The summed E-state index contributed by atoms with van der Waals surface area (Å²) < 4.78 is 1.76. The van der Waals surface area contributed by atoms with Gasteiger partial charge in [0.1, 0.15) is 5.82 Å². The molecule has 0 bridgehead atoms. The number of rotatable bonds is 5. The predicted octanol–water partition coefficient (Wildman–Crippen LogP) is 2.51. The van der Waals surface area contributed by atoms with E-state index in [1.54, 1.807) is 23.5 Å². The van der Waals surface area contributed by atoms with E-state index < -0.39 is 6.10 Å². The number of fused-ring (bicyclic) bond motifs is 1. The van der Waals surface area contributed by atoms with E-state index in [4.69, 9.17) is 15.7 Å². The first kappa shape index (κ1) is 24.4. The van der Waals surface area contributed by atoms with E-state index >= 15 is 0 Å². The number of carbonyl (C=O) groups excluding carboxylic acids is 1. The van der Waals surface area contributed by atoms with E-state index in [1.165, 1.54) is 0 Å². The Bertz CT molecular complexity index is 1120. The largest absolute Gasteiger partial charge is 0.392 e. The van der Waals surface area contributed by atoms with Crippen molar-refractivity contribution in [2.45, 2.75) is 55.6 Å². The predicted molar refractivity (Wildman–Crippen MR) is 129 cm³/mol.